The molecule has 0 heterocycles. The molecule has 6 heteroatoms. The molecule has 0 radical (unpaired) electrons. The van der Waals surface area contributed by atoms with Crippen LogP contribution in [0.4, 0.5) is 0 Å². The predicted octanol–water partition coefficient (Wildman–Crippen LogP) is 26.2. The lowest BCUT2D eigenvalue weighted by atomic mass is 10.0. The molecule has 0 saturated heterocycles. The molecule has 1 atom stereocenters. The molecule has 0 aromatic carbocycles. The van der Waals surface area contributed by atoms with E-state index in [4.69, 9.17) is 14.2 Å². The van der Waals surface area contributed by atoms with Crippen LogP contribution in [-0.4, -0.2) is 37.2 Å². The van der Waals surface area contributed by atoms with E-state index >= 15 is 0 Å². The SMILES string of the molecule is CCCCCCCCCCCCCCCCCCCCCCCCCCCCCCCCCCC(=O)OCC(COC(=O)CCCCCCCCCCCCCCCC)OC(=O)CCCCCCCCCCCCCCCCCCCC. The van der Waals surface area contributed by atoms with E-state index in [1.54, 1.807) is 0 Å². The van der Waals surface area contributed by atoms with Gasteiger partial charge in [0.25, 0.3) is 0 Å². The maximum absolute atomic E-state index is 13.0. The number of hydrogen-bond donors (Lipinski definition) is 0. The fraction of sp³-hybridized carbons (Fsp3) is 0.961. The van der Waals surface area contributed by atoms with Crippen molar-refractivity contribution in [3.8, 4) is 0 Å². The molecule has 0 fully saturated rings. The molecule has 0 saturated carbocycles. The van der Waals surface area contributed by atoms with E-state index in [1.807, 2.05) is 0 Å². The Balaban J connectivity index is 4.09. The molecule has 0 aliphatic carbocycles. The third-order valence-electron chi connectivity index (χ3n) is 17.9. The van der Waals surface area contributed by atoms with Crippen LogP contribution in [0.3, 0.4) is 0 Å². The molecule has 0 amide bonds. The van der Waals surface area contributed by atoms with Gasteiger partial charge in [-0.2, -0.15) is 0 Å². The Morgan fingerprint density at radius 1 is 0.195 bits per heavy atom. The molecular formula is C76H148O6. The molecule has 0 aromatic rings. The molecule has 0 bridgehead atoms. The molecule has 0 aliphatic rings. The van der Waals surface area contributed by atoms with Gasteiger partial charge in [0.1, 0.15) is 13.2 Å². The zero-order valence-electron chi connectivity index (χ0n) is 56.3. The van der Waals surface area contributed by atoms with E-state index in [0.717, 1.165) is 57.8 Å². The van der Waals surface area contributed by atoms with Crippen molar-refractivity contribution in [2.75, 3.05) is 13.2 Å². The van der Waals surface area contributed by atoms with Gasteiger partial charge in [0.15, 0.2) is 6.10 Å². The molecular weight excluding hydrogens is 1010 g/mol. The quantitative estimate of drug-likeness (QED) is 0.0343. The van der Waals surface area contributed by atoms with E-state index in [2.05, 4.69) is 20.8 Å². The zero-order chi connectivity index (χ0) is 59.2. The second-order valence-corrected chi connectivity index (χ2v) is 26.3. The molecule has 0 spiro atoms. The summed E-state index contributed by atoms with van der Waals surface area (Å²) in [6, 6.07) is 0. The van der Waals surface area contributed by atoms with Crippen LogP contribution in [0.25, 0.3) is 0 Å². The summed E-state index contributed by atoms with van der Waals surface area (Å²) in [4.78, 5) is 38.5. The van der Waals surface area contributed by atoms with Gasteiger partial charge in [-0.1, -0.05) is 412 Å². The highest BCUT2D eigenvalue weighted by Crippen LogP contribution is 2.20. The summed E-state index contributed by atoms with van der Waals surface area (Å²) in [7, 11) is 0. The van der Waals surface area contributed by atoms with Crippen LogP contribution >= 0.6 is 0 Å². The van der Waals surface area contributed by atoms with Crippen molar-refractivity contribution in [2.24, 2.45) is 0 Å². The second-order valence-electron chi connectivity index (χ2n) is 26.3. The third-order valence-corrected chi connectivity index (χ3v) is 17.9. The number of carbonyl (C=O) groups excluding carboxylic acids is 3. The normalized spacial score (nSPS) is 11.9. The monoisotopic (exact) mass is 1160 g/mol. The summed E-state index contributed by atoms with van der Waals surface area (Å²) >= 11 is 0. The van der Waals surface area contributed by atoms with Crippen molar-refractivity contribution in [1.82, 2.24) is 0 Å². The maximum atomic E-state index is 13.0. The van der Waals surface area contributed by atoms with Gasteiger partial charge >= 0.3 is 17.9 Å². The second kappa shape index (κ2) is 71.9. The van der Waals surface area contributed by atoms with Crippen molar-refractivity contribution in [3.63, 3.8) is 0 Å². The lowest BCUT2D eigenvalue weighted by Gasteiger charge is -2.18. The third kappa shape index (κ3) is 69.2. The van der Waals surface area contributed by atoms with E-state index in [0.29, 0.717) is 19.3 Å². The summed E-state index contributed by atoms with van der Waals surface area (Å²) < 4.78 is 17.0. The molecule has 1 unspecified atom stereocenters. The Morgan fingerprint density at radius 2 is 0.329 bits per heavy atom. The molecule has 0 aromatic heterocycles. The largest absolute Gasteiger partial charge is 0.462 e. The first-order valence-electron chi connectivity index (χ1n) is 38.0. The van der Waals surface area contributed by atoms with Crippen LogP contribution in [0.5, 0.6) is 0 Å². The summed E-state index contributed by atoms with van der Waals surface area (Å²) in [5.41, 5.74) is 0. The Kier molecular flexibility index (Phi) is 70.5. The fourth-order valence-electron chi connectivity index (χ4n) is 12.2. The number of hydrogen-bond acceptors (Lipinski definition) is 6. The van der Waals surface area contributed by atoms with Gasteiger partial charge in [0.2, 0.25) is 0 Å². The highest BCUT2D eigenvalue weighted by atomic mass is 16.6. The van der Waals surface area contributed by atoms with Gasteiger partial charge in [-0.25, -0.2) is 0 Å². The van der Waals surface area contributed by atoms with Gasteiger partial charge in [0.05, 0.1) is 0 Å². The predicted molar refractivity (Wildman–Crippen MR) is 358 cm³/mol. The van der Waals surface area contributed by atoms with E-state index in [9.17, 15) is 14.4 Å². The van der Waals surface area contributed by atoms with Crippen LogP contribution in [0.1, 0.15) is 451 Å². The van der Waals surface area contributed by atoms with Crippen LogP contribution < -0.4 is 0 Å². The Morgan fingerprint density at radius 3 is 0.488 bits per heavy atom. The van der Waals surface area contributed by atoms with Gasteiger partial charge in [-0.3, -0.25) is 14.4 Å². The fourth-order valence-corrected chi connectivity index (χ4v) is 12.2. The van der Waals surface area contributed by atoms with Gasteiger partial charge < -0.3 is 14.2 Å². The van der Waals surface area contributed by atoms with Crippen molar-refractivity contribution in [2.45, 2.75) is 457 Å². The Hall–Kier alpha value is -1.59. The lowest BCUT2D eigenvalue weighted by Crippen LogP contribution is -2.30. The minimum absolute atomic E-state index is 0.0601. The van der Waals surface area contributed by atoms with E-state index in [1.165, 1.54) is 353 Å². The lowest BCUT2D eigenvalue weighted by molar-refractivity contribution is -0.167. The van der Waals surface area contributed by atoms with Crippen LogP contribution in [0.2, 0.25) is 0 Å². The summed E-state index contributed by atoms with van der Waals surface area (Å²) in [6.07, 6.45) is 85.9. The minimum atomic E-state index is -0.763. The molecule has 0 N–H and O–H groups in total. The number of unbranched alkanes of at least 4 members (excludes halogenated alkanes) is 61. The van der Waals surface area contributed by atoms with Crippen molar-refractivity contribution in [1.29, 1.82) is 0 Å². The Bertz CT molecular complexity index is 1240. The number of rotatable bonds is 72. The topological polar surface area (TPSA) is 78.9 Å². The minimum Gasteiger partial charge on any atom is -0.462 e. The van der Waals surface area contributed by atoms with Gasteiger partial charge in [0, 0.05) is 19.3 Å². The van der Waals surface area contributed by atoms with E-state index in [-0.39, 0.29) is 31.1 Å². The van der Waals surface area contributed by atoms with Crippen LogP contribution in [-0.2, 0) is 28.6 Å². The van der Waals surface area contributed by atoms with Crippen LogP contribution in [0.15, 0.2) is 0 Å². The average Bonchev–Trinajstić information content (AvgIpc) is 3.47. The van der Waals surface area contributed by atoms with Crippen molar-refractivity contribution in [3.05, 3.63) is 0 Å². The summed E-state index contributed by atoms with van der Waals surface area (Å²) in [5.74, 6) is -0.818. The standard InChI is InChI=1S/C76H148O6/c1-4-7-10-13-16-19-22-25-28-30-32-33-34-35-36-37-38-39-40-41-42-43-44-45-47-48-51-54-57-60-63-66-69-75(78)81-72-73(71-80-74(77)68-65-62-59-56-53-50-27-24-21-18-15-12-9-6-3)82-76(79)70-67-64-61-58-55-52-49-46-31-29-26-23-20-17-14-11-8-5-2/h73H,4-72H2,1-3H3. The first-order valence-corrected chi connectivity index (χ1v) is 38.0. The molecule has 6 nitrogen and oxygen atoms in total. The number of ether oxygens (including phenoxy) is 3. The summed E-state index contributed by atoms with van der Waals surface area (Å²) in [6.45, 7) is 6.75. The molecule has 488 valence electrons. The molecule has 0 rings (SSSR count). The number of esters is 3. The van der Waals surface area contributed by atoms with Crippen molar-refractivity contribution < 1.29 is 28.6 Å². The molecule has 0 aliphatic heterocycles. The van der Waals surface area contributed by atoms with E-state index < -0.39 is 6.10 Å². The first-order chi connectivity index (χ1) is 40.5. The summed E-state index contributed by atoms with van der Waals surface area (Å²) in [5, 5.41) is 0. The van der Waals surface area contributed by atoms with Crippen molar-refractivity contribution >= 4 is 17.9 Å². The highest BCUT2D eigenvalue weighted by molar-refractivity contribution is 5.71. The van der Waals surface area contributed by atoms with Gasteiger partial charge in [-0.15, -0.1) is 0 Å². The molecule has 82 heavy (non-hydrogen) atoms. The Labute approximate surface area is 514 Å². The van der Waals surface area contributed by atoms with Crippen LogP contribution in [0, 0.1) is 0 Å². The van der Waals surface area contributed by atoms with Gasteiger partial charge in [-0.05, 0) is 19.3 Å². The zero-order valence-corrected chi connectivity index (χ0v) is 56.3. The maximum Gasteiger partial charge on any atom is 0.306 e. The smallest absolute Gasteiger partial charge is 0.306 e. The highest BCUT2D eigenvalue weighted by Gasteiger charge is 2.20. The first kappa shape index (κ1) is 80.4. The average molecular weight is 1160 g/mol. The number of carbonyl (C=O) groups is 3.